The largest absolute Gasteiger partial charge is 0.465 e. The molecule has 0 bridgehead atoms. The van der Waals surface area contributed by atoms with E-state index in [0.717, 1.165) is 4.90 Å². The first-order valence-electron chi connectivity index (χ1n) is 6.99. The van der Waals surface area contributed by atoms with Crippen LogP contribution in [0.15, 0.2) is 35.2 Å². The number of ketones is 1. The van der Waals surface area contributed by atoms with Crippen LogP contribution in [0.2, 0.25) is 0 Å². The molecule has 1 N–H and O–H groups in total. The van der Waals surface area contributed by atoms with Gasteiger partial charge in [0.2, 0.25) is 0 Å². The van der Waals surface area contributed by atoms with Crippen LogP contribution in [0, 0.1) is 13.8 Å². The number of benzene rings is 1. The van der Waals surface area contributed by atoms with E-state index >= 15 is 0 Å². The zero-order valence-corrected chi connectivity index (χ0v) is 13.9. The van der Waals surface area contributed by atoms with Crippen LogP contribution in [0.1, 0.15) is 39.0 Å². The molecule has 5 heteroatoms. The molecular formula is C17H19NO3S. The van der Waals surface area contributed by atoms with Gasteiger partial charge in [0.05, 0.1) is 23.6 Å². The Morgan fingerprint density at radius 1 is 1.18 bits per heavy atom. The van der Waals surface area contributed by atoms with Crippen LogP contribution in [0.5, 0.6) is 0 Å². The molecule has 0 saturated heterocycles. The maximum absolute atomic E-state index is 12.6. The van der Waals surface area contributed by atoms with Crippen molar-refractivity contribution >= 4 is 23.5 Å². The van der Waals surface area contributed by atoms with Gasteiger partial charge in [-0.05, 0) is 38.5 Å². The number of rotatable bonds is 5. The maximum Gasteiger partial charge on any atom is 0.339 e. The van der Waals surface area contributed by atoms with E-state index in [-0.39, 0.29) is 11.0 Å². The number of esters is 1. The number of aromatic amines is 1. The number of carbonyl (C=O) groups is 2. The van der Waals surface area contributed by atoms with Crippen LogP contribution in [-0.2, 0) is 4.74 Å². The molecule has 1 aromatic carbocycles. The number of aryl methyl sites for hydroxylation is 1. The quantitative estimate of drug-likeness (QED) is 0.518. The molecule has 0 amide bonds. The highest BCUT2D eigenvalue weighted by molar-refractivity contribution is 8.00. The van der Waals surface area contributed by atoms with Crippen LogP contribution in [0.25, 0.3) is 0 Å². The molecule has 0 fully saturated rings. The van der Waals surface area contributed by atoms with Crippen molar-refractivity contribution < 1.29 is 14.3 Å². The highest BCUT2D eigenvalue weighted by atomic mass is 32.2. The Bertz CT molecular complexity index is 691. The molecule has 1 heterocycles. The molecule has 2 rings (SSSR count). The van der Waals surface area contributed by atoms with Gasteiger partial charge in [0, 0.05) is 10.6 Å². The number of thioether (sulfide) groups is 1. The molecule has 116 valence electrons. The second-order valence-corrected chi connectivity index (χ2v) is 6.47. The summed E-state index contributed by atoms with van der Waals surface area (Å²) in [6, 6.07) is 9.78. The van der Waals surface area contributed by atoms with E-state index in [0.29, 0.717) is 22.5 Å². The predicted molar refractivity (Wildman–Crippen MR) is 87.7 cm³/mol. The van der Waals surface area contributed by atoms with E-state index in [1.807, 2.05) is 37.3 Å². The van der Waals surface area contributed by atoms with Crippen molar-refractivity contribution in [3.63, 3.8) is 0 Å². The summed E-state index contributed by atoms with van der Waals surface area (Å²) in [5.74, 6) is -0.446. The summed E-state index contributed by atoms with van der Waals surface area (Å²) in [5.41, 5.74) is 2.23. The number of carbonyl (C=O) groups excluding carboxylic acids is 2. The number of H-pyrrole nitrogens is 1. The Kier molecular flexibility index (Phi) is 5.08. The zero-order valence-electron chi connectivity index (χ0n) is 13.1. The maximum atomic E-state index is 12.6. The van der Waals surface area contributed by atoms with Crippen molar-refractivity contribution in [3.8, 4) is 0 Å². The van der Waals surface area contributed by atoms with Crippen molar-refractivity contribution in [2.75, 3.05) is 7.11 Å². The summed E-state index contributed by atoms with van der Waals surface area (Å²) in [7, 11) is 1.34. The van der Waals surface area contributed by atoms with Crippen LogP contribution in [0.3, 0.4) is 0 Å². The van der Waals surface area contributed by atoms with E-state index in [4.69, 9.17) is 4.74 Å². The SMILES string of the molecule is COC(=O)c1c(C)[nH]c(C(=O)[C@H](C)Sc2ccccc2)c1C. The van der Waals surface area contributed by atoms with Gasteiger partial charge in [0.1, 0.15) is 0 Å². The van der Waals surface area contributed by atoms with E-state index in [2.05, 4.69) is 4.98 Å². The Labute approximate surface area is 134 Å². The molecule has 2 aromatic rings. The molecule has 22 heavy (non-hydrogen) atoms. The molecule has 0 saturated carbocycles. The molecule has 0 aliphatic carbocycles. The van der Waals surface area contributed by atoms with E-state index in [1.54, 1.807) is 13.8 Å². The average molecular weight is 317 g/mol. The van der Waals surface area contributed by atoms with Gasteiger partial charge < -0.3 is 9.72 Å². The average Bonchev–Trinajstić information content (AvgIpc) is 2.81. The third-order valence-electron chi connectivity index (χ3n) is 3.50. The normalized spacial score (nSPS) is 12.0. The smallest absolute Gasteiger partial charge is 0.339 e. The fraction of sp³-hybridized carbons (Fsp3) is 0.294. The summed E-state index contributed by atoms with van der Waals surface area (Å²) < 4.78 is 4.77. The van der Waals surface area contributed by atoms with Gasteiger partial charge in [-0.2, -0.15) is 0 Å². The van der Waals surface area contributed by atoms with Crippen molar-refractivity contribution in [1.29, 1.82) is 0 Å². The molecule has 0 aliphatic heterocycles. The number of Topliss-reactive ketones (excluding diaryl/α,β-unsaturated/α-hetero) is 1. The lowest BCUT2D eigenvalue weighted by atomic mass is 10.1. The number of ether oxygens (including phenoxy) is 1. The number of methoxy groups -OCH3 is 1. The van der Waals surface area contributed by atoms with E-state index in [9.17, 15) is 9.59 Å². The standard InChI is InChI=1S/C17H19NO3S/c1-10-14(17(20)21-4)11(2)18-15(10)16(19)12(3)22-13-8-6-5-7-9-13/h5-9,12,18H,1-4H3/t12-/m0/s1. The topological polar surface area (TPSA) is 59.2 Å². The number of hydrogen-bond acceptors (Lipinski definition) is 4. The Balaban J connectivity index is 2.24. The van der Waals surface area contributed by atoms with Crippen LogP contribution >= 0.6 is 11.8 Å². The first-order valence-corrected chi connectivity index (χ1v) is 7.87. The summed E-state index contributed by atoms with van der Waals surface area (Å²) in [4.78, 5) is 28.5. The van der Waals surface area contributed by atoms with Crippen molar-refractivity contribution in [3.05, 3.63) is 52.8 Å². The predicted octanol–water partition coefficient (Wildman–Crippen LogP) is 3.78. The molecule has 1 aromatic heterocycles. The fourth-order valence-electron chi connectivity index (χ4n) is 2.36. The van der Waals surface area contributed by atoms with Crippen LogP contribution in [-0.4, -0.2) is 29.1 Å². The summed E-state index contributed by atoms with van der Waals surface area (Å²) in [6.07, 6.45) is 0. The van der Waals surface area contributed by atoms with Crippen molar-refractivity contribution in [1.82, 2.24) is 4.98 Å². The first kappa shape index (κ1) is 16.4. The molecule has 0 aliphatic rings. The first-order chi connectivity index (χ1) is 10.5. The second-order valence-electron chi connectivity index (χ2n) is 5.05. The third kappa shape index (κ3) is 3.25. The van der Waals surface area contributed by atoms with Gasteiger partial charge >= 0.3 is 5.97 Å². The van der Waals surface area contributed by atoms with E-state index < -0.39 is 5.97 Å². The number of aromatic nitrogens is 1. The van der Waals surface area contributed by atoms with Gasteiger partial charge in [-0.15, -0.1) is 11.8 Å². The van der Waals surface area contributed by atoms with E-state index in [1.165, 1.54) is 18.9 Å². The van der Waals surface area contributed by atoms with Gasteiger partial charge in [-0.1, -0.05) is 18.2 Å². The Hall–Kier alpha value is -2.01. The monoisotopic (exact) mass is 317 g/mol. The van der Waals surface area contributed by atoms with Gasteiger partial charge in [0.15, 0.2) is 5.78 Å². The third-order valence-corrected chi connectivity index (χ3v) is 4.61. The molecular weight excluding hydrogens is 298 g/mol. The second kappa shape index (κ2) is 6.83. The van der Waals surface area contributed by atoms with Crippen LogP contribution in [0.4, 0.5) is 0 Å². The van der Waals surface area contributed by atoms with Crippen LogP contribution < -0.4 is 0 Å². The Morgan fingerprint density at radius 2 is 1.82 bits per heavy atom. The van der Waals surface area contributed by atoms with Crippen molar-refractivity contribution in [2.24, 2.45) is 0 Å². The molecule has 0 spiro atoms. The minimum atomic E-state index is -0.423. The summed E-state index contributed by atoms with van der Waals surface area (Å²) in [6.45, 7) is 5.40. The molecule has 1 atom stereocenters. The lowest BCUT2D eigenvalue weighted by Gasteiger charge is -2.10. The lowest BCUT2D eigenvalue weighted by molar-refractivity contribution is 0.0599. The van der Waals surface area contributed by atoms with Crippen molar-refractivity contribution in [2.45, 2.75) is 30.9 Å². The zero-order chi connectivity index (χ0) is 16.3. The molecule has 0 unspecified atom stereocenters. The molecule has 0 radical (unpaired) electrons. The van der Waals surface area contributed by atoms with Gasteiger partial charge in [-0.25, -0.2) is 4.79 Å². The summed E-state index contributed by atoms with van der Waals surface area (Å²) >= 11 is 1.50. The minimum absolute atomic E-state index is 0.0235. The summed E-state index contributed by atoms with van der Waals surface area (Å²) in [5, 5.41) is -0.246. The van der Waals surface area contributed by atoms with Gasteiger partial charge in [0.25, 0.3) is 0 Å². The minimum Gasteiger partial charge on any atom is -0.465 e. The Morgan fingerprint density at radius 3 is 2.41 bits per heavy atom. The van der Waals surface area contributed by atoms with Gasteiger partial charge in [-0.3, -0.25) is 4.79 Å². The lowest BCUT2D eigenvalue weighted by Crippen LogP contribution is -2.15. The highest BCUT2D eigenvalue weighted by Gasteiger charge is 2.25. The number of hydrogen-bond donors (Lipinski definition) is 1. The highest BCUT2D eigenvalue weighted by Crippen LogP contribution is 2.27. The number of nitrogens with one attached hydrogen (secondary N) is 1. The molecule has 4 nitrogen and oxygen atoms in total. The fourth-order valence-corrected chi connectivity index (χ4v) is 3.31.